The molecule has 37 heavy (non-hydrogen) atoms. The summed E-state index contributed by atoms with van der Waals surface area (Å²) in [6.45, 7) is 10.3. The lowest BCUT2D eigenvalue weighted by Gasteiger charge is -2.39. The number of rotatable bonds is 5. The van der Waals surface area contributed by atoms with Crippen LogP contribution in [-0.2, 0) is 9.47 Å². The fourth-order valence-corrected chi connectivity index (χ4v) is 5.28. The van der Waals surface area contributed by atoms with Crippen molar-refractivity contribution in [2.24, 2.45) is 0 Å². The van der Waals surface area contributed by atoms with E-state index in [0.29, 0.717) is 19.1 Å². The Bertz CT molecular complexity index is 1080. The molecule has 2 saturated heterocycles. The second-order valence-electron chi connectivity index (χ2n) is 11.4. The summed E-state index contributed by atoms with van der Waals surface area (Å²) in [4.78, 5) is 32.3. The molecule has 0 atom stereocenters. The fourth-order valence-electron chi connectivity index (χ4n) is 5.28. The van der Waals surface area contributed by atoms with E-state index < -0.39 is 5.60 Å². The maximum atomic E-state index is 13.6. The predicted molar refractivity (Wildman–Crippen MR) is 145 cm³/mol. The van der Waals surface area contributed by atoms with Crippen molar-refractivity contribution in [2.75, 3.05) is 44.3 Å². The summed E-state index contributed by atoms with van der Waals surface area (Å²) in [6, 6.07) is 17.1. The minimum atomic E-state index is -0.499. The van der Waals surface area contributed by atoms with Crippen molar-refractivity contribution in [1.82, 2.24) is 9.80 Å². The first-order valence-corrected chi connectivity index (χ1v) is 13.6. The number of carbonyl (C=O) groups excluding carboxylic acids is 2. The van der Waals surface area contributed by atoms with Gasteiger partial charge in [0, 0.05) is 49.5 Å². The molecule has 1 saturated carbocycles. The lowest BCUT2D eigenvalue weighted by atomic mass is 10.00. The third-order valence-corrected chi connectivity index (χ3v) is 7.39. The highest BCUT2D eigenvalue weighted by Crippen LogP contribution is 2.34. The van der Waals surface area contributed by atoms with Crippen LogP contribution < -0.4 is 4.90 Å². The van der Waals surface area contributed by atoms with Crippen LogP contribution in [0.15, 0.2) is 48.5 Å². The Labute approximate surface area is 220 Å². The summed E-state index contributed by atoms with van der Waals surface area (Å²) < 4.78 is 11.0. The maximum Gasteiger partial charge on any atom is 0.410 e. The number of hydrogen-bond acceptors (Lipinski definition) is 5. The zero-order chi connectivity index (χ0) is 26.0. The van der Waals surface area contributed by atoms with Crippen LogP contribution in [0.2, 0.25) is 0 Å². The maximum absolute atomic E-state index is 13.6. The van der Waals surface area contributed by atoms with Crippen molar-refractivity contribution in [1.29, 1.82) is 0 Å². The molecule has 0 aromatic heterocycles. The van der Waals surface area contributed by atoms with Gasteiger partial charge >= 0.3 is 6.09 Å². The van der Waals surface area contributed by atoms with E-state index in [-0.39, 0.29) is 18.0 Å². The van der Waals surface area contributed by atoms with Gasteiger partial charge in [0.2, 0.25) is 0 Å². The molecule has 5 rings (SSSR count). The van der Waals surface area contributed by atoms with E-state index in [1.54, 1.807) is 4.90 Å². The molecule has 2 aromatic rings. The van der Waals surface area contributed by atoms with Gasteiger partial charge in [-0.05, 0) is 81.8 Å². The molecule has 0 radical (unpaired) electrons. The molecule has 0 unspecified atom stereocenters. The first-order valence-electron chi connectivity index (χ1n) is 13.6. The molecule has 2 amide bonds. The van der Waals surface area contributed by atoms with Crippen molar-refractivity contribution in [3.05, 3.63) is 54.1 Å². The van der Waals surface area contributed by atoms with E-state index in [2.05, 4.69) is 34.1 Å². The Hall–Kier alpha value is -3.06. The van der Waals surface area contributed by atoms with Gasteiger partial charge in [-0.2, -0.15) is 0 Å². The van der Waals surface area contributed by atoms with Gasteiger partial charge in [-0.3, -0.25) is 4.79 Å². The van der Waals surface area contributed by atoms with Gasteiger partial charge in [0.05, 0.1) is 13.2 Å². The number of hydrogen-bond donors (Lipinski definition) is 0. The van der Waals surface area contributed by atoms with Crippen LogP contribution >= 0.6 is 0 Å². The summed E-state index contributed by atoms with van der Waals surface area (Å²) in [7, 11) is 0. The fraction of sp³-hybridized carbons (Fsp3) is 0.533. The Morgan fingerprint density at radius 2 is 1.35 bits per heavy atom. The Balaban J connectivity index is 1.22. The highest BCUT2D eigenvalue weighted by atomic mass is 16.6. The molecule has 3 aliphatic rings. The summed E-state index contributed by atoms with van der Waals surface area (Å²) >= 11 is 0. The smallest absolute Gasteiger partial charge is 0.410 e. The van der Waals surface area contributed by atoms with Crippen LogP contribution in [0, 0.1) is 0 Å². The van der Waals surface area contributed by atoms with Gasteiger partial charge in [0.15, 0.2) is 0 Å². The third kappa shape index (κ3) is 6.27. The van der Waals surface area contributed by atoms with Crippen LogP contribution in [0.3, 0.4) is 0 Å². The normalized spacial score (nSPS) is 19.0. The molecule has 198 valence electrons. The minimum absolute atomic E-state index is 0.104. The van der Waals surface area contributed by atoms with Crippen LogP contribution in [0.5, 0.6) is 0 Å². The lowest BCUT2D eigenvalue weighted by Crippen LogP contribution is -2.50. The molecular weight excluding hydrogens is 466 g/mol. The van der Waals surface area contributed by atoms with Gasteiger partial charge < -0.3 is 24.2 Å². The number of likely N-dealkylation sites (tertiary alicyclic amines) is 1. The molecule has 7 heteroatoms. The number of amides is 2. The summed E-state index contributed by atoms with van der Waals surface area (Å²) in [5.41, 5.74) is 3.70. The molecule has 2 aliphatic heterocycles. The van der Waals surface area contributed by atoms with Crippen molar-refractivity contribution in [2.45, 2.75) is 64.1 Å². The molecule has 2 aromatic carbocycles. The van der Waals surface area contributed by atoms with Crippen LogP contribution in [0.25, 0.3) is 11.1 Å². The van der Waals surface area contributed by atoms with E-state index >= 15 is 0 Å². The van der Waals surface area contributed by atoms with E-state index in [0.717, 1.165) is 68.7 Å². The monoisotopic (exact) mass is 505 g/mol. The number of ether oxygens (including phenoxy) is 2. The van der Waals surface area contributed by atoms with Gasteiger partial charge in [0.25, 0.3) is 5.91 Å². The number of benzene rings is 2. The molecule has 0 spiro atoms. The molecule has 3 fully saturated rings. The van der Waals surface area contributed by atoms with Gasteiger partial charge in [-0.15, -0.1) is 0 Å². The summed E-state index contributed by atoms with van der Waals surface area (Å²) in [5, 5.41) is 0. The van der Waals surface area contributed by atoms with Crippen molar-refractivity contribution >= 4 is 17.7 Å². The molecule has 2 heterocycles. The summed E-state index contributed by atoms with van der Waals surface area (Å²) in [5.74, 6) is 0.104. The molecule has 1 aliphatic carbocycles. The number of nitrogens with zero attached hydrogens (tertiary/aromatic N) is 3. The van der Waals surface area contributed by atoms with E-state index in [4.69, 9.17) is 9.47 Å². The average molecular weight is 506 g/mol. The Morgan fingerprint density at radius 3 is 1.89 bits per heavy atom. The minimum Gasteiger partial charge on any atom is -0.444 e. The van der Waals surface area contributed by atoms with E-state index in [9.17, 15) is 9.59 Å². The number of piperidine rings is 1. The molecular formula is C30H39N3O4. The third-order valence-electron chi connectivity index (χ3n) is 7.39. The van der Waals surface area contributed by atoms with Crippen molar-refractivity contribution in [3.8, 4) is 11.1 Å². The molecule has 0 N–H and O–H groups in total. The number of carbonyl (C=O) groups is 2. The Morgan fingerprint density at radius 1 is 0.811 bits per heavy atom. The zero-order valence-corrected chi connectivity index (χ0v) is 22.3. The van der Waals surface area contributed by atoms with Crippen molar-refractivity contribution < 1.29 is 19.1 Å². The average Bonchev–Trinajstić information content (AvgIpc) is 3.74. The van der Waals surface area contributed by atoms with E-state index in [1.165, 1.54) is 5.69 Å². The highest BCUT2D eigenvalue weighted by Gasteiger charge is 2.39. The largest absolute Gasteiger partial charge is 0.444 e. The second-order valence-corrected chi connectivity index (χ2v) is 11.4. The van der Waals surface area contributed by atoms with Gasteiger partial charge in [0.1, 0.15) is 5.60 Å². The second kappa shape index (κ2) is 10.7. The highest BCUT2D eigenvalue weighted by molar-refractivity contribution is 5.95. The topological polar surface area (TPSA) is 62.3 Å². The SMILES string of the molecule is CC(C)(C)OC(=O)N1CCC(N(C(=O)c2ccc(-c3ccc(N4CCOCC4)cc3)cc2)C2CC2)CC1. The van der Waals surface area contributed by atoms with Crippen LogP contribution in [-0.4, -0.2) is 78.9 Å². The standard InChI is InChI=1S/C30H39N3O4/c1-30(2,3)37-29(35)32-16-14-27(15-17-32)33(26-12-13-26)28(34)24-6-4-22(5-7-24)23-8-10-25(11-9-23)31-18-20-36-21-19-31/h4-11,26-27H,12-21H2,1-3H3. The van der Waals surface area contributed by atoms with Gasteiger partial charge in [-0.1, -0.05) is 24.3 Å². The molecule has 0 bridgehead atoms. The Kier molecular flexibility index (Phi) is 7.43. The molecule has 7 nitrogen and oxygen atoms in total. The zero-order valence-electron chi connectivity index (χ0n) is 22.3. The number of morpholine rings is 1. The van der Waals surface area contributed by atoms with Gasteiger partial charge in [-0.25, -0.2) is 4.79 Å². The van der Waals surface area contributed by atoms with Crippen LogP contribution in [0.1, 0.15) is 56.8 Å². The summed E-state index contributed by atoms with van der Waals surface area (Å²) in [6.07, 6.45) is 3.44. The first-order chi connectivity index (χ1) is 17.8. The van der Waals surface area contributed by atoms with Crippen molar-refractivity contribution in [3.63, 3.8) is 0 Å². The lowest BCUT2D eigenvalue weighted by molar-refractivity contribution is 0.0142. The quantitative estimate of drug-likeness (QED) is 0.559. The van der Waals surface area contributed by atoms with E-state index in [1.807, 2.05) is 45.0 Å². The first kappa shape index (κ1) is 25.6. The predicted octanol–water partition coefficient (Wildman–Crippen LogP) is 5.19. The number of anilines is 1. The van der Waals surface area contributed by atoms with Crippen LogP contribution in [0.4, 0.5) is 10.5 Å².